The number of rotatable bonds is 9. The van der Waals surface area contributed by atoms with Gasteiger partial charge in [-0.1, -0.05) is 11.6 Å². The van der Waals surface area contributed by atoms with Crippen LogP contribution in [0.4, 0.5) is 5.69 Å². The number of halogens is 1. The zero-order valence-electron chi connectivity index (χ0n) is 18.3. The second-order valence-corrected chi connectivity index (χ2v) is 7.77. The fourth-order valence-electron chi connectivity index (χ4n) is 3.70. The van der Waals surface area contributed by atoms with Crippen molar-refractivity contribution in [1.82, 2.24) is 10.2 Å². The lowest BCUT2D eigenvalue weighted by Crippen LogP contribution is -2.47. The smallest absolute Gasteiger partial charge is 0.251 e. The lowest BCUT2D eigenvalue weighted by molar-refractivity contribution is 0.0950. The van der Waals surface area contributed by atoms with Crippen molar-refractivity contribution in [3.8, 4) is 17.2 Å². The Morgan fingerprint density at radius 1 is 0.968 bits per heavy atom. The van der Waals surface area contributed by atoms with Crippen LogP contribution in [0.3, 0.4) is 0 Å². The van der Waals surface area contributed by atoms with E-state index in [0.29, 0.717) is 29.4 Å². The molecule has 2 aromatic carbocycles. The highest BCUT2D eigenvalue weighted by atomic mass is 35.5. The summed E-state index contributed by atoms with van der Waals surface area (Å²) in [6, 6.07) is 11.3. The van der Waals surface area contributed by atoms with E-state index in [1.807, 2.05) is 12.1 Å². The number of nitrogens with one attached hydrogen (secondary N) is 1. The SMILES string of the molecule is COc1cc(C(=O)NCCCN2CCN(c3ccc(Cl)cc3)CC2)cc(OC)c1OC. The molecule has 0 unspecified atom stereocenters. The quantitative estimate of drug-likeness (QED) is 0.595. The highest BCUT2D eigenvalue weighted by Gasteiger charge is 2.18. The topological polar surface area (TPSA) is 63.3 Å². The fourth-order valence-corrected chi connectivity index (χ4v) is 3.83. The number of methoxy groups -OCH3 is 3. The molecule has 2 aromatic rings. The molecular formula is C23H30ClN3O4. The van der Waals surface area contributed by atoms with Crippen LogP contribution in [-0.2, 0) is 0 Å². The number of hydrogen-bond acceptors (Lipinski definition) is 6. The molecule has 1 amide bonds. The van der Waals surface area contributed by atoms with Crippen LogP contribution in [0.25, 0.3) is 0 Å². The summed E-state index contributed by atoms with van der Waals surface area (Å²) in [5, 5.41) is 3.74. The summed E-state index contributed by atoms with van der Waals surface area (Å²) in [7, 11) is 4.60. The van der Waals surface area contributed by atoms with E-state index in [0.717, 1.165) is 44.2 Å². The van der Waals surface area contributed by atoms with Crippen molar-refractivity contribution in [3.05, 3.63) is 47.0 Å². The molecular weight excluding hydrogens is 418 g/mol. The molecule has 0 saturated carbocycles. The molecule has 0 aliphatic carbocycles. The average Bonchev–Trinajstić information content (AvgIpc) is 2.81. The number of carbonyl (C=O) groups is 1. The number of piperazine rings is 1. The Balaban J connectivity index is 1.43. The molecule has 1 heterocycles. The molecule has 8 heteroatoms. The third kappa shape index (κ3) is 5.95. The lowest BCUT2D eigenvalue weighted by Gasteiger charge is -2.36. The van der Waals surface area contributed by atoms with E-state index in [2.05, 4.69) is 27.2 Å². The molecule has 3 rings (SSSR count). The van der Waals surface area contributed by atoms with Crippen molar-refractivity contribution in [2.45, 2.75) is 6.42 Å². The van der Waals surface area contributed by atoms with Gasteiger partial charge in [0.1, 0.15) is 0 Å². The lowest BCUT2D eigenvalue weighted by atomic mass is 10.1. The van der Waals surface area contributed by atoms with E-state index in [9.17, 15) is 4.79 Å². The third-order valence-electron chi connectivity index (χ3n) is 5.43. The predicted molar refractivity (Wildman–Crippen MR) is 123 cm³/mol. The molecule has 0 radical (unpaired) electrons. The first kappa shape index (κ1) is 23.0. The number of anilines is 1. The molecule has 1 N–H and O–H groups in total. The molecule has 0 spiro atoms. The first-order valence-corrected chi connectivity index (χ1v) is 10.7. The van der Waals surface area contributed by atoms with Gasteiger partial charge in [0.2, 0.25) is 5.75 Å². The number of nitrogens with zero attached hydrogens (tertiary/aromatic N) is 2. The Morgan fingerprint density at radius 2 is 1.58 bits per heavy atom. The van der Waals surface area contributed by atoms with Crippen molar-refractivity contribution in [1.29, 1.82) is 0 Å². The molecule has 1 aliphatic rings. The van der Waals surface area contributed by atoms with Gasteiger partial charge in [0, 0.05) is 49.0 Å². The van der Waals surface area contributed by atoms with Gasteiger partial charge in [0.05, 0.1) is 21.3 Å². The zero-order valence-corrected chi connectivity index (χ0v) is 19.1. The highest BCUT2D eigenvalue weighted by molar-refractivity contribution is 6.30. The van der Waals surface area contributed by atoms with Crippen LogP contribution in [0.2, 0.25) is 5.02 Å². The van der Waals surface area contributed by atoms with Crippen molar-refractivity contribution in [2.75, 3.05) is 65.5 Å². The molecule has 7 nitrogen and oxygen atoms in total. The molecule has 0 aromatic heterocycles. The molecule has 0 atom stereocenters. The maximum absolute atomic E-state index is 12.6. The third-order valence-corrected chi connectivity index (χ3v) is 5.68. The standard InChI is InChI=1S/C23H30ClN3O4/c1-29-20-15-17(16-21(30-2)22(20)31-3)23(28)25-9-4-10-26-11-13-27(14-12-26)19-7-5-18(24)6-8-19/h5-8,15-16H,4,9-14H2,1-3H3,(H,25,28). The van der Waals surface area contributed by atoms with E-state index in [1.54, 1.807) is 12.1 Å². The second-order valence-electron chi connectivity index (χ2n) is 7.33. The van der Waals surface area contributed by atoms with E-state index in [-0.39, 0.29) is 5.91 Å². The Kier molecular flexibility index (Phi) is 8.26. The Hall–Kier alpha value is -2.64. The molecule has 1 aliphatic heterocycles. The van der Waals surface area contributed by atoms with Crippen LogP contribution < -0.4 is 24.4 Å². The van der Waals surface area contributed by atoms with Gasteiger partial charge in [-0.3, -0.25) is 9.69 Å². The summed E-state index contributed by atoms with van der Waals surface area (Å²) < 4.78 is 15.9. The van der Waals surface area contributed by atoms with Crippen molar-refractivity contribution in [2.24, 2.45) is 0 Å². The van der Waals surface area contributed by atoms with Gasteiger partial charge in [0.25, 0.3) is 5.91 Å². The van der Waals surface area contributed by atoms with Crippen molar-refractivity contribution < 1.29 is 19.0 Å². The normalized spacial score (nSPS) is 14.3. The van der Waals surface area contributed by atoms with Crippen LogP contribution >= 0.6 is 11.6 Å². The Bertz CT molecular complexity index is 843. The minimum Gasteiger partial charge on any atom is -0.493 e. The summed E-state index contributed by atoms with van der Waals surface area (Å²) in [5.41, 5.74) is 1.69. The number of ether oxygens (including phenoxy) is 3. The Morgan fingerprint density at radius 3 is 2.13 bits per heavy atom. The number of hydrogen-bond donors (Lipinski definition) is 1. The van der Waals surface area contributed by atoms with E-state index >= 15 is 0 Å². The van der Waals surface area contributed by atoms with Crippen molar-refractivity contribution >= 4 is 23.2 Å². The van der Waals surface area contributed by atoms with Crippen LogP contribution in [0, 0.1) is 0 Å². The minimum atomic E-state index is -0.160. The Labute approximate surface area is 188 Å². The maximum Gasteiger partial charge on any atom is 0.251 e. The number of benzene rings is 2. The summed E-state index contributed by atoms with van der Waals surface area (Å²) in [5.74, 6) is 1.24. The van der Waals surface area contributed by atoms with Gasteiger partial charge in [-0.15, -0.1) is 0 Å². The largest absolute Gasteiger partial charge is 0.493 e. The highest BCUT2D eigenvalue weighted by Crippen LogP contribution is 2.38. The van der Waals surface area contributed by atoms with E-state index in [1.165, 1.54) is 27.0 Å². The maximum atomic E-state index is 12.6. The van der Waals surface area contributed by atoms with E-state index in [4.69, 9.17) is 25.8 Å². The molecule has 1 saturated heterocycles. The van der Waals surface area contributed by atoms with Crippen LogP contribution in [0.15, 0.2) is 36.4 Å². The number of carbonyl (C=O) groups excluding carboxylic acids is 1. The second kappa shape index (κ2) is 11.1. The monoisotopic (exact) mass is 447 g/mol. The summed E-state index contributed by atoms with van der Waals surface area (Å²) >= 11 is 5.98. The molecule has 31 heavy (non-hydrogen) atoms. The van der Waals surface area contributed by atoms with Crippen LogP contribution in [-0.4, -0.2) is 71.4 Å². The van der Waals surface area contributed by atoms with Gasteiger partial charge in [-0.2, -0.15) is 0 Å². The first-order chi connectivity index (χ1) is 15.0. The number of amides is 1. The zero-order chi connectivity index (χ0) is 22.2. The van der Waals surface area contributed by atoms with Gasteiger partial charge >= 0.3 is 0 Å². The van der Waals surface area contributed by atoms with Gasteiger partial charge in [-0.05, 0) is 49.4 Å². The van der Waals surface area contributed by atoms with Crippen LogP contribution in [0.5, 0.6) is 17.2 Å². The summed E-state index contributed by atoms with van der Waals surface area (Å²) in [6.45, 7) is 5.53. The fraction of sp³-hybridized carbons (Fsp3) is 0.435. The minimum absolute atomic E-state index is 0.160. The molecule has 168 valence electrons. The van der Waals surface area contributed by atoms with Gasteiger partial charge in [0.15, 0.2) is 11.5 Å². The summed E-state index contributed by atoms with van der Waals surface area (Å²) in [4.78, 5) is 17.4. The molecule has 1 fully saturated rings. The first-order valence-electron chi connectivity index (χ1n) is 10.4. The molecule has 0 bridgehead atoms. The predicted octanol–water partition coefficient (Wildman–Crippen LogP) is 3.31. The van der Waals surface area contributed by atoms with E-state index < -0.39 is 0 Å². The average molecular weight is 448 g/mol. The summed E-state index contributed by atoms with van der Waals surface area (Å²) in [6.07, 6.45) is 0.886. The van der Waals surface area contributed by atoms with Gasteiger partial charge in [-0.25, -0.2) is 0 Å². The van der Waals surface area contributed by atoms with Crippen molar-refractivity contribution in [3.63, 3.8) is 0 Å². The van der Waals surface area contributed by atoms with Gasteiger partial charge < -0.3 is 24.4 Å². The van der Waals surface area contributed by atoms with Crippen LogP contribution in [0.1, 0.15) is 16.8 Å².